The molecule has 20 heavy (non-hydrogen) atoms. The summed E-state index contributed by atoms with van der Waals surface area (Å²) in [5.41, 5.74) is 0. The predicted octanol–water partition coefficient (Wildman–Crippen LogP) is 3.48. The molecule has 0 aliphatic heterocycles. The third-order valence-corrected chi connectivity index (χ3v) is 6.19. The van der Waals surface area contributed by atoms with Crippen molar-refractivity contribution in [2.24, 2.45) is 0 Å². The highest BCUT2D eigenvalue weighted by Crippen LogP contribution is 2.14. The van der Waals surface area contributed by atoms with Gasteiger partial charge in [-0.05, 0) is 46.7 Å². The second-order valence-corrected chi connectivity index (χ2v) is 7.51. The van der Waals surface area contributed by atoms with Crippen molar-refractivity contribution in [3.63, 3.8) is 0 Å². The fourth-order valence-electron chi connectivity index (χ4n) is 2.23. The zero-order valence-electron chi connectivity index (χ0n) is 14.2. The summed E-state index contributed by atoms with van der Waals surface area (Å²) in [6.45, 7) is 14.7. The lowest BCUT2D eigenvalue weighted by Crippen LogP contribution is -2.55. The van der Waals surface area contributed by atoms with Gasteiger partial charge >= 0.3 is 8.80 Å². The zero-order chi connectivity index (χ0) is 15.3. The molecule has 0 aliphatic carbocycles. The normalized spacial score (nSPS) is 12.3. The van der Waals surface area contributed by atoms with E-state index in [4.69, 9.17) is 13.3 Å². The van der Waals surface area contributed by atoms with E-state index >= 15 is 0 Å². The van der Waals surface area contributed by atoms with Gasteiger partial charge in [-0.15, -0.1) is 0 Å². The standard InChI is InChI=1S/C15H35NO3Si/c1-6-11-13-16(14-12-7-2)15-20(17-8-3,18-9-4)19-10-5/h6-15H2,1-5H3. The van der Waals surface area contributed by atoms with Crippen LogP contribution in [0.2, 0.25) is 0 Å². The number of rotatable bonds is 14. The number of unbranched alkanes of at least 4 members (excludes halogenated alkanes) is 2. The summed E-state index contributed by atoms with van der Waals surface area (Å²) in [5, 5.41) is 0. The molecule has 0 spiro atoms. The predicted molar refractivity (Wildman–Crippen MR) is 86.9 cm³/mol. The van der Waals surface area contributed by atoms with Crippen molar-refractivity contribution >= 4 is 8.80 Å². The van der Waals surface area contributed by atoms with Gasteiger partial charge in [-0.25, -0.2) is 0 Å². The Hall–Kier alpha value is 0.0569. The highest BCUT2D eigenvalue weighted by Gasteiger charge is 2.42. The van der Waals surface area contributed by atoms with Crippen LogP contribution in [-0.4, -0.2) is 52.8 Å². The van der Waals surface area contributed by atoms with E-state index < -0.39 is 8.80 Å². The van der Waals surface area contributed by atoms with Crippen LogP contribution in [0.3, 0.4) is 0 Å². The van der Waals surface area contributed by atoms with Gasteiger partial charge in [-0.1, -0.05) is 26.7 Å². The third-order valence-electron chi connectivity index (χ3n) is 3.17. The van der Waals surface area contributed by atoms with Gasteiger partial charge in [-0.3, -0.25) is 4.90 Å². The van der Waals surface area contributed by atoms with Gasteiger partial charge in [0.15, 0.2) is 0 Å². The van der Waals surface area contributed by atoms with Crippen molar-refractivity contribution in [3.8, 4) is 0 Å². The molecule has 0 N–H and O–H groups in total. The molecule has 0 heterocycles. The van der Waals surface area contributed by atoms with Crippen molar-refractivity contribution in [1.82, 2.24) is 4.90 Å². The van der Waals surface area contributed by atoms with Gasteiger partial charge in [0.25, 0.3) is 0 Å². The summed E-state index contributed by atoms with van der Waals surface area (Å²) in [6, 6.07) is 0. The van der Waals surface area contributed by atoms with Crippen molar-refractivity contribution in [2.75, 3.05) is 39.1 Å². The fraction of sp³-hybridized carbons (Fsp3) is 1.00. The van der Waals surface area contributed by atoms with E-state index in [0.717, 1.165) is 19.3 Å². The van der Waals surface area contributed by atoms with Crippen LogP contribution in [0.15, 0.2) is 0 Å². The average Bonchev–Trinajstić information content (AvgIpc) is 2.42. The first kappa shape index (κ1) is 20.1. The van der Waals surface area contributed by atoms with E-state index in [-0.39, 0.29) is 0 Å². The van der Waals surface area contributed by atoms with Crippen LogP contribution in [0.25, 0.3) is 0 Å². The van der Waals surface area contributed by atoms with E-state index in [1.165, 1.54) is 25.7 Å². The molecule has 0 rings (SSSR count). The molecule has 0 atom stereocenters. The van der Waals surface area contributed by atoms with Gasteiger partial charge in [0.1, 0.15) is 0 Å². The lowest BCUT2D eigenvalue weighted by atomic mass is 10.3. The Kier molecular flexibility index (Phi) is 12.8. The lowest BCUT2D eigenvalue weighted by molar-refractivity contribution is 0.0562. The smallest absolute Gasteiger partial charge is 0.373 e. The maximum Gasteiger partial charge on any atom is 0.515 e. The van der Waals surface area contributed by atoms with Gasteiger partial charge in [0.05, 0.1) is 6.17 Å². The molecular formula is C15H35NO3Si. The molecule has 0 aromatic rings. The SMILES string of the molecule is CCCCN(CCCC)C[Si](OCC)(OCC)OCC. The fourth-order valence-corrected chi connectivity index (χ4v) is 4.94. The summed E-state index contributed by atoms with van der Waals surface area (Å²) in [7, 11) is -2.53. The second kappa shape index (κ2) is 12.8. The maximum absolute atomic E-state index is 5.95. The van der Waals surface area contributed by atoms with E-state index in [0.29, 0.717) is 19.8 Å². The molecule has 0 fully saturated rings. The summed E-state index contributed by atoms with van der Waals surface area (Å²) >= 11 is 0. The molecule has 0 aliphatic rings. The van der Waals surface area contributed by atoms with Crippen molar-refractivity contribution in [2.45, 2.75) is 60.3 Å². The van der Waals surface area contributed by atoms with Gasteiger partial charge in [0.2, 0.25) is 0 Å². The quantitative estimate of drug-likeness (QED) is 0.460. The van der Waals surface area contributed by atoms with Crippen molar-refractivity contribution in [1.29, 1.82) is 0 Å². The molecule has 0 amide bonds. The van der Waals surface area contributed by atoms with E-state index in [1.54, 1.807) is 0 Å². The Morgan fingerprint density at radius 1 is 0.700 bits per heavy atom. The lowest BCUT2D eigenvalue weighted by Gasteiger charge is -2.33. The first-order valence-electron chi connectivity index (χ1n) is 8.32. The summed E-state index contributed by atoms with van der Waals surface area (Å²) in [5.74, 6) is 0. The molecular weight excluding hydrogens is 270 g/mol. The van der Waals surface area contributed by atoms with Crippen LogP contribution in [0.1, 0.15) is 60.3 Å². The highest BCUT2D eigenvalue weighted by atomic mass is 28.4. The molecule has 122 valence electrons. The first-order valence-corrected chi connectivity index (χ1v) is 10.2. The van der Waals surface area contributed by atoms with Crippen molar-refractivity contribution < 1.29 is 13.3 Å². The van der Waals surface area contributed by atoms with Crippen LogP contribution in [0.5, 0.6) is 0 Å². The molecule has 0 bridgehead atoms. The Morgan fingerprint density at radius 3 is 1.40 bits per heavy atom. The molecule has 0 unspecified atom stereocenters. The maximum atomic E-state index is 5.95. The van der Waals surface area contributed by atoms with Gasteiger partial charge in [-0.2, -0.15) is 0 Å². The molecule has 0 saturated heterocycles. The van der Waals surface area contributed by atoms with E-state index in [9.17, 15) is 0 Å². The van der Waals surface area contributed by atoms with Crippen LogP contribution >= 0.6 is 0 Å². The van der Waals surface area contributed by atoms with Crippen molar-refractivity contribution in [3.05, 3.63) is 0 Å². The number of nitrogens with zero attached hydrogens (tertiary/aromatic N) is 1. The third kappa shape index (κ3) is 8.37. The van der Waals surface area contributed by atoms with Crippen LogP contribution in [-0.2, 0) is 13.3 Å². The van der Waals surface area contributed by atoms with Crippen LogP contribution in [0, 0.1) is 0 Å². The topological polar surface area (TPSA) is 30.9 Å². The molecule has 5 heteroatoms. The molecule has 0 radical (unpaired) electrons. The molecule has 0 saturated carbocycles. The summed E-state index contributed by atoms with van der Waals surface area (Å²) in [6.07, 6.45) is 5.70. The Balaban J connectivity index is 4.71. The number of hydrogen-bond donors (Lipinski definition) is 0. The minimum absolute atomic E-state index is 0.654. The van der Waals surface area contributed by atoms with E-state index in [1.807, 2.05) is 20.8 Å². The average molecular weight is 306 g/mol. The number of hydrogen-bond acceptors (Lipinski definition) is 4. The second-order valence-electron chi connectivity index (χ2n) is 4.97. The van der Waals surface area contributed by atoms with Crippen LogP contribution < -0.4 is 0 Å². The Morgan fingerprint density at radius 2 is 1.10 bits per heavy atom. The van der Waals surface area contributed by atoms with Gasteiger partial charge < -0.3 is 13.3 Å². The van der Waals surface area contributed by atoms with Gasteiger partial charge in [0, 0.05) is 19.8 Å². The Labute approximate surface area is 127 Å². The largest absolute Gasteiger partial charge is 0.515 e. The van der Waals surface area contributed by atoms with E-state index in [2.05, 4.69) is 18.7 Å². The summed E-state index contributed by atoms with van der Waals surface area (Å²) < 4.78 is 17.9. The minimum atomic E-state index is -2.53. The summed E-state index contributed by atoms with van der Waals surface area (Å²) in [4.78, 5) is 2.47. The van der Waals surface area contributed by atoms with Crippen LogP contribution in [0.4, 0.5) is 0 Å². The highest BCUT2D eigenvalue weighted by molar-refractivity contribution is 6.60. The first-order chi connectivity index (χ1) is 9.67. The zero-order valence-corrected chi connectivity index (χ0v) is 15.2. The monoisotopic (exact) mass is 305 g/mol. The molecule has 0 aromatic carbocycles. The molecule has 4 nitrogen and oxygen atoms in total. The Bertz CT molecular complexity index is 192. The molecule has 0 aromatic heterocycles. The minimum Gasteiger partial charge on any atom is -0.373 e.